The van der Waals surface area contributed by atoms with Gasteiger partial charge in [-0.2, -0.15) is 0 Å². The molecule has 17 heavy (non-hydrogen) atoms. The largest absolute Gasteiger partial charge is 0.413 e. The first-order chi connectivity index (χ1) is 8.00. The number of hydrogen-bond donors (Lipinski definition) is 2. The number of para-hydroxylation sites is 1. The highest BCUT2D eigenvalue weighted by Crippen LogP contribution is 2.09. The molecular weight excluding hydrogens is 236 g/mol. The fourth-order valence-electron chi connectivity index (χ4n) is 1.32. The average Bonchev–Trinajstić information content (AvgIpc) is 2.26. The summed E-state index contributed by atoms with van der Waals surface area (Å²) in [4.78, 5) is 11.8. The molecule has 1 aromatic carbocycles. The zero-order valence-corrected chi connectivity index (χ0v) is 10.7. The van der Waals surface area contributed by atoms with Crippen LogP contribution in [-0.4, -0.2) is 17.1 Å². The Morgan fingerprint density at radius 1 is 1.35 bits per heavy atom. The molecule has 0 fully saturated rings. The van der Waals surface area contributed by atoms with Crippen molar-refractivity contribution in [2.75, 3.05) is 0 Å². The maximum Gasteiger partial charge on any atom is 0.413 e. The van der Waals surface area contributed by atoms with Crippen molar-refractivity contribution in [2.45, 2.75) is 19.9 Å². The number of carbonyl (C=O) groups excluding carboxylic acids is 1. The summed E-state index contributed by atoms with van der Waals surface area (Å²) in [6, 6.07) is 8.46. The van der Waals surface area contributed by atoms with E-state index in [0.717, 1.165) is 0 Å². The van der Waals surface area contributed by atoms with Crippen LogP contribution in [0.1, 0.15) is 13.8 Å². The summed E-state index contributed by atoms with van der Waals surface area (Å²) < 4.78 is 5.08. The number of nitrogens with two attached hydrogens (primary N) is 1. The molecule has 5 heteroatoms. The number of hydrogen-bond acceptors (Lipinski definition) is 3. The first-order valence-corrected chi connectivity index (χ1v) is 5.74. The molecule has 1 amide bonds. The third-order valence-corrected chi connectivity index (χ3v) is 2.45. The normalized spacial score (nSPS) is 11.9. The van der Waals surface area contributed by atoms with E-state index in [1.807, 2.05) is 19.9 Å². The lowest BCUT2D eigenvalue weighted by Crippen LogP contribution is -2.47. The molecule has 0 saturated carbocycles. The quantitative estimate of drug-likeness (QED) is 0.805. The minimum Gasteiger partial charge on any atom is -0.410 e. The minimum absolute atomic E-state index is 0.121. The van der Waals surface area contributed by atoms with Crippen LogP contribution in [0.5, 0.6) is 5.75 Å². The Morgan fingerprint density at radius 2 is 1.94 bits per heavy atom. The van der Waals surface area contributed by atoms with Crippen molar-refractivity contribution >= 4 is 23.3 Å². The molecule has 0 aromatic heterocycles. The molecule has 1 unspecified atom stereocenters. The summed E-state index contributed by atoms with van der Waals surface area (Å²) in [5.74, 6) is 0.603. The Hall–Kier alpha value is -1.62. The lowest BCUT2D eigenvalue weighted by atomic mass is 10.1. The molecule has 0 spiro atoms. The monoisotopic (exact) mass is 252 g/mol. The standard InChI is InChI=1S/C12H16N2O2S/c1-8(2)10(11(13)17)14-12(15)16-9-6-4-3-5-7-9/h3-8,10H,1-2H3,(H2,13,17)(H,14,15). The van der Waals surface area contributed by atoms with E-state index in [2.05, 4.69) is 5.32 Å². The van der Waals surface area contributed by atoms with E-state index in [0.29, 0.717) is 5.75 Å². The van der Waals surface area contributed by atoms with Gasteiger partial charge in [-0.1, -0.05) is 44.3 Å². The van der Waals surface area contributed by atoms with Gasteiger partial charge in [0.05, 0.1) is 11.0 Å². The molecule has 3 N–H and O–H groups in total. The Labute approximate surface area is 106 Å². The number of carbonyl (C=O) groups is 1. The number of ether oxygens (including phenoxy) is 1. The van der Waals surface area contributed by atoms with E-state index in [-0.39, 0.29) is 16.9 Å². The molecule has 0 heterocycles. The van der Waals surface area contributed by atoms with E-state index in [1.165, 1.54) is 0 Å². The summed E-state index contributed by atoms with van der Waals surface area (Å²) in [7, 11) is 0. The summed E-state index contributed by atoms with van der Waals surface area (Å²) in [5.41, 5.74) is 5.54. The predicted octanol–water partition coefficient (Wildman–Crippen LogP) is 2.09. The van der Waals surface area contributed by atoms with Gasteiger partial charge in [0, 0.05) is 0 Å². The van der Waals surface area contributed by atoms with Crippen LogP contribution < -0.4 is 15.8 Å². The van der Waals surface area contributed by atoms with Crippen LogP contribution in [-0.2, 0) is 0 Å². The Morgan fingerprint density at radius 3 is 2.41 bits per heavy atom. The van der Waals surface area contributed by atoms with Gasteiger partial charge in [0.2, 0.25) is 0 Å². The van der Waals surface area contributed by atoms with Crippen LogP contribution >= 0.6 is 12.2 Å². The van der Waals surface area contributed by atoms with Crippen molar-refractivity contribution < 1.29 is 9.53 Å². The molecule has 1 rings (SSSR count). The van der Waals surface area contributed by atoms with Crippen molar-refractivity contribution in [1.82, 2.24) is 5.32 Å². The molecule has 4 nitrogen and oxygen atoms in total. The van der Waals surface area contributed by atoms with Crippen molar-refractivity contribution in [3.8, 4) is 5.75 Å². The lowest BCUT2D eigenvalue weighted by Gasteiger charge is -2.20. The molecule has 0 aliphatic heterocycles. The van der Waals surface area contributed by atoms with Crippen LogP contribution in [0.3, 0.4) is 0 Å². The van der Waals surface area contributed by atoms with Gasteiger partial charge in [-0.3, -0.25) is 0 Å². The van der Waals surface area contributed by atoms with E-state index in [4.69, 9.17) is 22.7 Å². The first kappa shape index (κ1) is 13.4. The SMILES string of the molecule is CC(C)C(NC(=O)Oc1ccccc1)C(N)=S. The maximum absolute atomic E-state index is 11.6. The Bertz CT molecular complexity index is 393. The second-order valence-corrected chi connectivity index (χ2v) is 4.44. The van der Waals surface area contributed by atoms with Crippen LogP contribution in [0, 0.1) is 5.92 Å². The van der Waals surface area contributed by atoms with Crippen molar-refractivity contribution in [2.24, 2.45) is 11.7 Å². The lowest BCUT2D eigenvalue weighted by molar-refractivity contribution is 0.196. The molecular formula is C12H16N2O2S. The fraction of sp³-hybridized carbons (Fsp3) is 0.333. The molecule has 1 aromatic rings. The molecule has 0 aliphatic carbocycles. The van der Waals surface area contributed by atoms with Gasteiger partial charge in [-0.25, -0.2) is 4.79 Å². The van der Waals surface area contributed by atoms with Gasteiger partial charge in [0.1, 0.15) is 5.75 Å². The van der Waals surface area contributed by atoms with Gasteiger partial charge < -0.3 is 15.8 Å². The Balaban J connectivity index is 2.57. The number of rotatable bonds is 4. The molecule has 0 radical (unpaired) electrons. The van der Waals surface area contributed by atoms with E-state index >= 15 is 0 Å². The van der Waals surface area contributed by atoms with Gasteiger partial charge in [0.15, 0.2) is 0 Å². The smallest absolute Gasteiger partial charge is 0.410 e. The van der Waals surface area contributed by atoms with Crippen molar-refractivity contribution in [3.63, 3.8) is 0 Å². The summed E-state index contributed by atoms with van der Waals surface area (Å²) >= 11 is 4.88. The zero-order chi connectivity index (χ0) is 12.8. The highest BCUT2D eigenvalue weighted by atomic mass is 32.1. The van der Waals surface area contributed by atoms with Gasteiger partial charge in [-0.05, 0) is 18.1 Å². The Kier molecular flexibility index (Phi) is 4.90. The average molecular weight is 252 g/mol. The topological polar surface area (TPSA) is 64.3 Å². The molecule has 92 valence electrons. The highest BCUT2D eigenvalue weighted by Gasteiger charge is 2.19. The second kappa shape index (κ2) is 6.20. The van der Waals surface area contributed by atoms with E-state index in [1.54, 1.807) is 24.3 Å². The highest BCUT2D eigenvalue weighted by molar-refractivity contribution is 7.80. The van der Waals surface area contributed by atoms with Gasteiger partial charge >= 0.3 is 6.09 Å². The third kappa shape index (κ3) is 4.40. The van der Waals surface area contributed by atoms with Gasteiger partial charge in [0.25, 0.3) is 0 Å². The number of amides is 1. The summed E-state index contributed by atoms with van der Waals surface area (Å²) in [5, 5.41) is 2.64. The molecule has 0 aliphatic rings. The third-order valence-electron chi connectivity index (χ3n) is 2.20. The maximum atomic E-state index is 11.6. The van der Waals surface area contributed by atoms with Crippen molar-refractivity contribution in [3.05, 3.63) is 30.3 Å². The molecule has 1 atom stereocenters. The number of thiocarbonyl (C=S) groups is 1. The van der Waals surface area contributed by atoms with Crippen LogP contribution in [0.2, 0.25) is 0 Å². The fourth-order valence-corrected chi connectivity index (χ4v) is 1.65. The predicted molar refractivity (Wildman–Crippen MR) is 71.0 cm³/mol. The van der Waals surface area contributed by atoms with Gasteiger partial charge in [-0.15, -0.1) is 0 Å². The van der Waals surface area contributed by atoms with E-state index < -0.39 is 6.09 Å². The number of nitrogens with one attached hydrogen (secondary N) is 1. The van der Waals surface area contributed by atoms with Crippen LogP contribution in [0.4, 0.5) is 4.79 Å². The number of benzene rings is 1. The minimum atomic E-state index is -0.553. The van der Waals surface area contributed by atoms with Crippen LogP contribution in [0.25, 0.3) is 0 Å². The van der Waals surface area contributed by atoms with E-state index in [9.17, 15) is 4.79 Å². The zero-order valence-electron chi connectivity index (χ0n) is 9.84. The summed E-state index contributed by atoms with van der Waals surface area (Å²) in [6.07, 6.45) is -0.553. The summed E-state index contributed by atoms with van der Waals surface area (Å²) in [6.45, 7) is 3.85. The van der Waals surface area contributed by atoms with Crippen molar-refractivity contribution in [1.29, 1.82) is 0 Å². The second-order valence-electron chi connectivity index (χ2n) is 3.97. The first-order valence-electron chi connectivity index (χ1n) is 5.33. The molecule has 0 bridgehead atoms. The molecule has 0 saturated heterocycles. The van der Waals surface area contributed by atoms with Crippen LogP contribution in [0.15, 0.2) is 30.3 Å².